The molecule has 2 amide bonds. The van der Waals surface area contributed by atoms with Gasteiger partial charge in [-0.05, 0) is 71.3 Å². The maximum absolute atomic E-state index is 12.9. The van der Waals surface area contributed by atoms with Crippen molar-refractivity contribution in [2.24, 2.45) is 0 Å². The van der Waals surface area contributed by atoms with Crippen LogP contribution in [0, 0.1) is 11.3 Å². The number of rotatable bonds is 6. The second kappa shape index (κ2) is 10.9. The van der Waals surface area contributed by atoms with Crippen molar-refractivity contribution in [3.05, 3.63) is 114 Å². The molecule has 0 radical (unpaired) electrons. The van der Waals surface area contributed by atoms with Crippen molar-refractivity contribution in [2.45, 2.75) is 0 Å². The SMILES string of the molecule is C=CC(=O)Nc1cccc(-c2cc(-c3ccc(C(=O)Nc4cc(C#N)ccn4)c(Cl)c3)cc3cncnc23)c1. The van der Waals surface area contributed by atoms with E-state index in [1.807, 2.05) is 36.4 Å². The minimum atomic E-state index is -0.444. The molecule has 3 aromatic carbocycles. The fourth-order valence-corrected chi connectivity index (χ4v) is 4.35. The Labute approximate surface area is 228 Å². The molecule has 0 aliphatic rings. The highest BCUT2D eigenvalue weighted by atomic mass is 35.5. The van der Waals surface area contributed by atoms with Crippen LogP contribution in [0.5, 0.6) is 0 Å². The van der Waals surface area contributed by atoms with Crippen molar-refractivity contribution in [3.63, 3.8) is 0 Å². The van der Waals surface area contributed by atoms with Gasteiger partial charge in [0.2, 0.25) is 5.91 Å². The van der Waals surface area contributed by atoms with Crippen LogP contribution >= 0.6 is 11.6 Å². The number of amides is 2. The Morgan fingerprint density at radius 2 is 1.82 bits per heavy atom. The van der Waals surface area contributed by atoms with Crippen molar-refractivity contribution in [1.82, 2.24) is 15.0 Å². The molecule has 2 N–H and O–H groups in total. The summed E-state index contributed by atoms with van der Waals surface area (Å²) in [5.41, 5.74) is 5.31. The first-order valence-corrected chi connectivity index (χ1v) is 12.1. The predicted octanol–water partition coefficient (Wildman–Crippen LogP) is 6.26. The van der Waals surface area contributed by atoms with Crippen molar-refractivity contribution in [3.8, 4) is 28.3 Å². The zero-order chi connectivity index (χ0) is 27.4. The maximum Gasteiger partial charge on any atom is 0.258 e. The van der Waals surface area contributed by atoms with Crippen molar-refractivity contribution in [2.75, 3.05) is 10.6 Å². The second-order valence-corrected chi connectivity index (χ2v) is 8.86. The Balaban J connectivity index is 1.51. The van der Waals surface area contributed by atoms with E-state index < -0.39 is 5.91 Å². The van der Waals surface area contributed by atoms with Gasteiger partial charge in [0.25, 0.3) is 5.91 Å². The van der Waals surface area contributed by atoms with E-state index in [2.05, 4.69) is 32.2 Å². The summed E-state index contributed by atoms with van der Waals surface area (Å²) in [4.78, 5) is 37.4. The number of carbonyl (C=O) groups excluding carboxylic acids is 2. The van der Waals surface area contributed by atoms with Gasteiger partial charge in [0.05, 0.1) is 27.7 Å². The van der Waals surface area contributed by atoms with E-state index in [4.69, 9.17) is 16.9 Å². The third-order valence-electron chi connectivity index (χ3n) is 5.91. The van der Waals surface area contributed by atoms with Crippen molar-refractivity contribution >= 4 is 45.8 Å². The summed E-state index contributed by atoms with van der Waals surface area (Å²) in [6, 6.07) is 21.6. The van der Waals surface area contributed by atoms with Crippen LogP contribution < -0.4 is 10.6 Å². The number of carbonyl (C=O) groups is 2. The lowest BCUT2D eigenvalue weighted by Crippen LogP contribution is -2.13. The summed E-state index contributed by atoms with van der Waals surface area (Å²) in [7, 11) is 0. The summed E-state index contributed by atoms with van der Waals surface area (Å²) >= 11 is 6.55. The molecular formula is C30H19ClN6O2. The van der Waals surface area contributed by atoms with Gasteiger partial charge in [-0.15, -0.1) is 0 Å². The van der Waals surface area contributed by atoms with Gasteiger partial charge >= 0.3 is 0 Å². The monoisotopic (exact) mass is 530 g/mol. The molecule has 39 heavy (non-hydrogen) atoms. The number of hydrogen-bond acceptors (Lipinski definition) is 6. The average Bonchev–Trinajstić information content (AvgIpc) is 2.96. The largest absolute Gasteiger partial charge is 0.323 e. The molecule has 0 unspecified atom stereocenters. The highest BCUT2D eigenvalue weighted by Gasteiger charge is 2.15. The first-order valence-electron chi connectivity index (χ1n) is 11.7. The highest BCUT2D eigenvalue weighted by Crippen LogP contribution is 2.35. The number of fused-ring (bicyclic) bond motifs is 1. The number of anilines is 2. The number of hydrogen-bond donors (Lipinski definition) is 2. The minimum Gasteiger partial charge on any atom is -0.323 e. The summed E-state index contributed by atoms with van der Waals surface area (Å²) in [6.07, 6.45) is 5.87. The predicted molar refractivity (Wildman–Crippen MR) is 151 cm³/mol. The van der Waals surface area contributed by atoms with Crippen molar-refractivity contribution < 1.29 is 9.59 Å². The Bertz CT molecular complexity index is 1810. The van der Waals surface area contributed by atoms with Gasteiger partial charge < -0.3 is 10.6 Å². The third-order valence-corrected chi connectivity index (χ3v) is 6.22. The van der Waals surface area contributed by atoms with Crippen LogP contribution in [0.2, 0.25) is 5.02 Å². The summed E-state index contributed by atoms with van der Waals surface area (Å²) in [5, 5.41) is 15.6. The van der Waals surface area contributed by atoms with E-state index in [0.29, 0.717) is 11.3 Å². The summed E-state index contributed by atoms with van der Waals surface area (Å²) in [5.74, 6) is -0.495. The third kappa shape index (κ3) is 5.49. The average molecular weight is 531 g/mol. The number of halogens is 1. The number of nitriles is 1. The lowest BCUT2D eigenvalue weighted by molar-refractivity contribution is -0.111. The first kappa shape index (κ1) is 25.3. The van der Waals surface area contributed by atoms with Gasteiger partial charge in [-0.25, -0.2) is 15.0 Å². The summed E-state index contributed by atoms with van der Waals surface area (Å²) < 4.78 is 0. The molecule has 0 saturated heterocycles. The number of nitrogens with zero attached hydrogens (tertiary/aromatic N) is 4. The van der Waals surface area contributed by atoms with Gasteiger partial charge in [0.15, 0.2) is 0 Å². The number of nitrogens with one attached hydrogen (secondary N) is 2. The summed E-state index contributed by atoms with van der Waals surface area (Å²) in [6.45, 7) is 3.50. The molecule has 0 bridgehead atoms. The van der Waals surface area contributed by atoms with Crippen LogP contribution in [-0.4, -0.2) is 26.8 Å². The lowest BCUT2D eigenvalue weighted by atomic mass is 9.95. The van der Waals surface area contributed by atoms with E-state index in [1.165, 1.54) is 24.7 Å². The highest BCUT2D eigenvalue weighted by molar-refractivity contribution is 6.34. The van der Waals surface area contributed by atoms with E-state index >= 15 is 0 Å². The van der Waals surface area contributed by atoms with E-state index in [9.17, 15) is 9.59 Å². The molecule has 2 heterocycles. The second-order valence-electron chi connectivity index (χ2n) is 8.45. The van der Waals surface area contributed by atoms with E-state index in [0.717, 1.165) is 33.2 Å². The maximum atomic E-state index is 12.9. The number of aromatic nitrogens is 3. The normalized spacial score (nSPS) is 10.5. The van der Waals surface area contributed by atoms with Gasteiger partial charge in [-0.2, -0.15) is 5.26 Å². The molecule has 2 aromatic heterocycles. The quantitative estimate of drug-likeness (QED) is 0.250. The van der Waals surface area contributed by atoms with Crippen LogP contribution in [-0.2, 0) is 4.79 Å². The van der Waals surface area contributed by atoms with Crippen LogP contribution in [0.25, 0.3) is 33.2 Å². The molecule has 0 fully saturated rings. The molecule has 0 spiro atoms. The zero-order valence-corrected chi connectivity index (χ0v) is 21.1. The fourth-order valence-electron chi connectivity index (χ4n) is 4.08. The smallest absolute Gasteiger partial charge is 0.258 e. The molecule has 8 nitrogen and oxygen atoms in total. The van der Waals surface area contributed by atoms with Gasteiger partial charge in [-0.1, -0.05) is 36.4 Å². The Morgan fingerprint density at radius 3 is 2.62 bits per heavy atom. The minimum absolute atomic E-state index is 0.251. The molecule has 0 aliphatic heterocycles. The van der Waals surface area contributed by atoms with Crippen molar-refractivity contribution in [1.29, 1.82) is 5.26 Å². The lowest BCUT2D eigenvalue weighted by Gasteiger charge is -2.13. The Morgan fingerprint density at radius 1 is 0.949 bits per heavy atom. The number of pyridine rings is 1. The van der Waals surface area contributed by atoms with Gasteiger partial charge in [0, 0.05) is 29.0 Å². The Kier molecular flexibility index (Phi) is 7.08. The fraction of sp³-hybridized carbons (Fsp3) is 0. The Hall–Kier alpha value is -5.39. The topological polar surface area (TPSA) is 121 Å². The molecule has 0 atom stereocenters. The zero-order valence-electron chi connectivity index (χ0n) is 20.4. The van der Waals surface area contributed by atoms with Crippen LogP contribution in [0.3, 0.4) is 0 Å². The molecule has 0 aliphatic carbocycles. The van der Waals surface area contributed by atoms with E-state index in [1.54, 1.807) is 36.5 Å². The molecule has 9 heteroatoms. The van der Waals surface area contributed by atoms with Gasteiger partial charge in [0.1, 0.15) is 12.1 Å². The molecular weight excluding hydrogens is 512 g/mol. The van der Waals surface area contributed by atoms with Crippen LogP contribution in [0.4, 0.5) is 11.5 Å². The number of benzene rings is 3. The van der Waals surface area contributed by atoms with Crippen LogP contribution in [0.15, 0.2) is 98.1 Å². The molecule has 5 aromatic rings. The van der Waals surface area contributed by atoms with E-state index in [-0.39, 0.29) is 22.3 Å². The first-order chi connectivity index (χ1) is 18.9. The molecule has 188 valence electrons. The molecule has 0 saturated carbocycles. The van der Waals surface area contributed by atoms with Gasteiger partial charge in [-0.3, -0.25) is 9.59 Å². The molecule has 5 rings (SSSR count). The van der Waals surface area contributed by atoms with Crippen LogP contribution in [0.1, 0.15) is 15.9 Å². The standard InChI is InChI=1S/C30H19ClN6O2/c1-2-28(38)36-23-5-3-4-20(12-23)25-13-21(11-22-16-33-17-35-29(22)25)19-6-7-24(26(31)14-19)30(39)37-27-10-18(15-32)8-9-34-27/h2-14,16-17H,1H2,(H,36,38)(H,34,37,39).